The van der Waals surface area contributed by atoms with E-state index in [0.717, 1.165) is 18.0 Å². The Bertz CT molecular complexity index is 387. The van der Waals surface area contributed by atoms with Crippen LogP contribution < -0.4 is 5.32 Å². The number of aryl methyl sites for hydroxylation is 1. The Morgan fingerprint density at radius 1 is 1.32 bits per heavy atom. The molecule has 1 aromatic carbocycles. The second-order valence-electron chi connectivity index (χ2n) is 6.07. The van der Waals surface area contributed by atoms with Crippen molar-refractivity contribution in [2.75, 3.05) is 6.54 Å². The lowest BCUT2D eigenvalue weighted by Gasteiger charge is -2.36. The van der Waals surface area contributed by atoms with Crippen molar-refractivity contribution < 1.29 is 5.11 Å². The highest BCUT2D eigenvalue weighted by Gasteiger charge is 2.29. The van der Waals surface area contributed by atoms with Gasteiger partial charge in [-0.15, -0.1) is 0 Å². The molecule has 1 aromatic rings. The van der Waals surface area contributed by atoms with E-state index in [1.807, 2.05) is 0 Å². The first kappa shape index (κ1) is 14.5. The molecular weight excluding hydrogens is 234 g/mol. The third-order valence-corrected chi connectivity index (χ3v) is 4.68. The summed E-state index contributed by atoms with van der Waals surface area (Å²) in [5.41, 5.74) is 2.28. The predicted octanol–water partition coefficient (Wildman–Crippen LogP) is 3.44. The van der Waals surface area contributed by atoms with Gasteiger partial charge in [0.05, 0.1) is 6.10 Å². The molecule has 1 aliphatic heterocycles. The third-order valence-electron chi connectivity index (χ3n) is 4.68. The maximum Gasteiger partial charge on any atom is 0.0830 e. The highest BCUT2D eigenvalue weighted by molar-refractivity contribution is 5.23. The first-order chi connectivity index (χ1) is 9.11. The van der Waals surface area contributed by atoms with Crippen LogP contribution in [-0.4, -0.2) is 17.7 Å². The summed E-state index contributed by atoms with van der Waals surface area (Å²) >= 11 is 0. The van der Waals surface area contributed by atoms with Crippen LogP contribution in [0.2, 0.25) is 0 Å². The molecule has 1 aliphatic rings. The van der Waals surface area contributed by atoms with E-state index in [2.05, 4.69) is 50.4 Å². The number of aliphatic hydroxyl groups is 1. The molecule has 19 heavy (non-hydrogen) atoms. The van der Waals surface area contributed by atoms with E-state index in [1.54, 1.807) is 0 Å². The Balaban J connectivity index is 2.01. The van der Waals surface area contributed by atoms with Crippen molar-refractivity contribution in [2.24, 2.45) is 11.8 Å². The van der Waals surface area contributed by atoms with Gasteiger partial charge in [-0.25, -0.2) is 0 Å². The Labute approximate surface area is 117 Å². The molecule has 2 N–H and O–H groups in total. The lowest BCUT2D eigenvalue weighted by atomic mass is 9.81. The zero-order valence-electron chi connectivity index (χ0n) is 12.4. The largest absolute Gasteiger partial charge is 0.388 e. The standard InChI is InChI=1S/C17H27NO/c1-4-14-9-10-18-16(11-14)13(3)17(19)15-7-5-12(2)6-8-15/h5-8,13-14,16-19H,4,9-11H2,1-3H3. The van der Waals surface area contributed by atoms with Crippen LogP contribution >= 0.6 is 0 Å². The summed E-state index contributed by atoms with van der Waals surface area (Å²) in [6.07, 6.45) is 3.36. The summed E-state index contributed by atoms with van der Waals surface area (Å²) in [5, 5.41) is 14.1. The van der Waals surface area contributed by atoms with Crippen LogP contribution in [-0.2, 0) is 0 Å². The maximum absolute atomic E-state index is 10.6. The number of hydrogen-bond acceptors (Lipinski definition) is 2. The van der Waals surface area contributed by atoms with Gasteiger partial charge in [-0.05, 0) is 37.8 Å². The number of benzene rings is 1. The van der Waals surface area contributed by atoms with Crippen LogP contribution in [0.1, 0.15) is 50.3 Å². The van der Waals surface area contributed by atoms with Gasteiger partial charge in [0.25, 0.3) is 0 Å². The predicted molar refractivity (Wildman–Crippen MR) is 80.1 cm³/mol. The summed E-state index contributed by atoms with van der Waals surface area (Å²) in [7, 11) is 0. The Kier molecular flexibility index (Phi) is 5.00. The first-order valence-electron chi connectivity index (χ1n) is 7.59. The monoisotopic (exact) mass is 261 g/mol. The molecular formula is C17H27NO. The van der Waals surface area contributed by atoms with Gasteiger partial charge in [-0.1, -0.05) is 50.1 Å². The van der Waals surface area contributed by atoms with E-state index >= 15 is 0 Å². The normalized spacial score (nSPS) is 26.9. The quantitative estimate of drug-likeness (QED) is 0.870. The number of piperidine rings is 1. The van der Waals surface area contributed by atoms with E-state index < -0.39 is 0 Å². The van der Waals surface area contributed by atoms with Crippen LogP contribution in [0.5, 0.6) is 0 Å². The third kappa shape index (κ3) is 3.58. The minimum absolute atomic E-state index is 0.261. The fraction of sp³-hybridized carbons (Fsp3) is 0.647. The molecule has 1 heterocycles. The van der Waals surface area contributed by atoms with Crippen LogP contribution in [0.3, 0.4) is 0 Å². The molecule has 0 aromatic heterocycles. The average molecular weight is 261 g/mol. The summed E-state index contributed by atoms with van der Waals surface area (Å²) < 4.78 is 0. The Morgan fingerprint density at radius 3 is 2.63 bits per heavy atom. The van der Waals surface area contributed by atoms with E-state index in [4.69, 9.17) is 0 Å². The van der Waals surface area contributed by atoms with Crippen LogP contribution in [0, 0.1) is 18.8 Å². The Hall–Kier alpha value is -0.860. The summed E-state index contributed by atoms with van der Waals surface area (Å²) in [6, 6.07) is 8.70. The van der Waals surface area contributed by atoms with Crippen molar-refractivity contribution in [3.63, 3.8) is 0 Å². The molecule has 2 nitrogen and oxygen atoms in total. The zero-order chi connectivity index (χ0) is 13.8. The fourth-order valence-corrected chi connectivity index (χ4v) is 3.09. The smallest absolute Gasteiger partial charge is 0.0830 e. The lowest BCUT2D eigenvalue weighted by Crippen LogP contribution is -2.43. The van der Waals surface area contributed by atoms with Gasteiger partial charge in [0, 0.05) is 12.0 Å². The minimum atomic E-state index is -0.367. The topological polar surface area (TPSA) is 32.3 Å². The maximum atomic E-state index is 10.6. The number of aliphatic hydroxyl groups excluding tert-OH is 1. The molecule has 106 valence electrons. The van der Waals surface area contributed by atoms with Gasteiger partial charge < -0.3 is 10.4 Å². The van der Waals surface area contributed by atoms with Crippen molar-refractivity contribution in [3.05, 3.63) is 35.4 Å². The number of rotatable bonds is 4. The molecule has 0 spiro atoms. The van der Waals surface area contributed by atoms with Crippen LogP contribution in [0.25, 0.3) is 0 Å². The molecule has 4 unspecified atom stereocenters. The van der Waals surface area contributed by atoms with Crippen molar-refractivity contribution in [1.82, 2.24) is 5.32 Å². The van der Waals surface area contributed by atoms with Crippen molar-refractivity contribution in [3.8, 4) is 0 Å². The van der Waals surface area contributed by atoms with Gasteiger partial charge in [0.2, 0.25) is 0 Å². The molecule has 0 aliphatic carbocycles. The molecule has 0 saturated carbocycles. The van der Waals surface area contributed by atoms with E-state index in [9.17, 15) is 5.11 Å². The molecule has 1 saturated heterocycles. The second-order valence-corrected chi connectivity index (χ2v) is 6.07. The highest BCUT2D eigenvalue weighted by atomic mass is 16.3. The second kappa shape index (κ2) is 6.53. The molecule has 4 atom stereocenters. The van der Waals surface area contributed by atoms with Gasteiger partial charge in [0.1, 0.15) is 0 Å². The summed E-state index contributed by atoms with van der Waals surface area (Å²) in [4.78, 5) is 0. The molecule has 0 bridgehead atoms. The van der Waals surface area contributed by atoms with Crippen LogP contribution in [0.4, 0.5) is 0 Å². The van der Waals surface area contributed by atoms with E-state index in [1.165, 1.54) is 24.8 Å². The lowest BCUT2D eigenvalue weighted by molar-refractivity contribution is 0.0779. The van der Waals surface area contributed by atoms with Gasteiger partial charge in [-0.2, -0.15) is 0 Å². The van der Waals surface area contributed by atoms with Gasteiger partial charge in [0.15, 0.2) is 0 Å². The van der Waals surface area contributed by atoms with E-state index in [-0.39, 0.29) is 12.0 Å². The average Bonchev–Trinajstić information content (AvgIpc) is 2.46. The fourth-order valence-electron chi connectivity index (χ4n) is 3.09. The van der Waals surface area contributed by atoms with Crippen molar-refractivity contribution >= 4 is 0 Å². The van der Waals surface area contributed by atoms with Crippen molar-refractivity contribution in [2.45, 2.75) is 52.2 Å². The summed E-state index contributed by atoms with van der Waals surface area (Å²) in [5.74, 6) is 1.08. The van der Waals surface area contributed by atoms with Crippen molar-refractivity contribution in [1.29, 1.82) is 0 Å². The summed E-state index contributed by atoms with van der Waals surface area (Å²) in [6.45, 7) is 7.61. The number of nitrogens with one attached hydrogen (secondary N) is 1. The molecule has 1 fully saturated rings. The minimum Gasteiger partial charge on any atom is -0.388 e. The van der Waals surface area contributed by atoms with Gasteiger partial charge >= 0.3 is 0 Å². The SMILES string of the molecule is CCC1CCNC(C(C)C(O)c2ccc(C)cc2)C1. The van der Waals surface area contributed by atoms with Gasteiger partial charge in [-0.3, -0.25) is 0 Å². The molecule has 2 heteroatoms. The first-order valence-corrected chi connectivity index (χ1v) is 7.59. The van der Waals surface area contributed by atoms with E-state index in [0.29, 0.717) is 6.04 Å². The number of hydrogen-bond donors (Lipinski definition) is 2. The zero-order valence-corrected chi connectivity index (χ0v) is 12.4. The Morgan fingerprint density at radius 2 is 2.00 bits per heavy atom. The molecule has 2 rings (SSSR count). The van der Waals surface area contributed by atoms with Crippen LogP contribution in [0.15, 0.2) is 24.3 Å². The molecule has 0 amide bonds. The highest BCUT2D eigenvalue weighted by Crippen LogP contribution is 2.30. The molecule has 0 radical (unpaired) electrons.